The van der Waals surface area contributed by atoms with E-state index in [1.54, 1.807) is 11.1 Å². The van der Waals surface area contributed by atoms with E-state index in [0.29, 0.717) is 26.4 Å². The molecule has 0 bridgehead atoms. The Hall–Kier alpha value is -2.29. The van der Waals surface area contributed by atoms with Crippen molar-refractivity contribution in [2.24, 2.45) is 0 Å². The third-order valence-electron chi connectivity index (χ3n) is 8.14. The maximum absolute atomic E-state index is 6.05. The summed E-state index contributed by atoms with van der Waals surface area (Å²) < 4.78 is 15.9. The van der Waals surface area contributed by atoms with Gasteiger partial charge in [0.05, 0.1) is 13.4 Å². The van der Waals surface area contributed by atoms with E-state index in [2.05, 4.69) is 80.6 Å². The van der Waals surface area contributed by atoms with Gasteiger partial charge in [0, 0.05) is 18.0 Å². The van der Waals surface area contributed by atoms with E-state index in [1.165, 1.54) is 66.1 Å². The van der Waals surface area contributed by atoms with Crippen molar-refractivity contribution >= 4 is 29.0 Å². The van der Waals surface area contributed by atoms with Gasteiger partial charge >= 0.3 is 0 Å². The smallest absolute Gasteiger partial charge is 0.228 e. The first-order valence-electron chi connectivity index (χ1n) is 13.2. The topological polar surface area (TPSA) is 34.6 Å². The summed E-state index contributed by atoms with van der Waals surface area (Å²) in [6, 6.07) is 23.9. The Balaban J connectivity index is 0.988. The van der Waals surface area contributed by atoms with Crippen LogP contribution in [-0.2, 0) is 25.0 Å². The van der Waals surface area contributed by atoms with Crippen LogP contribution < -0.4 is 9.26 Å². The number of rotatable bonds is 8. The number of hydrogen-bond acceptors (Lipinski definition) is 5. The first kappa shape index (κ1) is 26.0. The number of piperidine rings is 1. The summed E-state index contributed by atoms with van der Waals surface area (Å²) in [5.74, 6) is 1.55. The van der Waals surface area contributed by atoms with Crippen LogP contribution in [0.25, 0.3) is 10.4 Å². The number of ether oxygens (including phenoxy) is 1. The Morgan fingerprint density at radius 2 is 1.71 bits per heavy atom. The van der Waals surface area contributed by atoms with Crippen LogP contribution in [0, 0.1) is 13.8 Å². The van der Waals surface area contributed by atoms with Crippen molar-refractivity contribution in [2.45, 2.75) is 51.7 Å². The monoisotopic (exact) mass is 560 g/mol. The Bertz CT molecular complexity index is 1410. The standard InChI is InChI=1S/C31H34N2O2P2S/c1-21-15-22(2)27-18-31(28(27)16-21)11-13-33(14-12-31)19-23-3-5-24(6-4-23)20-34-26-9-7-25(8-10-26)29-17-30(32-38-29)35-37-36/h3-10,15-17,37H,11-14,18-20,36H2,1-2H3. The van der Waals surface area contributed by atoms with Crippen molar-refractivity contribution in [2.75, 3.05) is 13.1 Å². The Labute approximate surface area is 233 Å². The van der Waals surface area contributed by atoms with E-state index in [1.807, 2.05) is 18.2 Å². The number of fused-ring (bicyclic) bond motifs is 2. The molecule has 3 aromatic carbocycles. The molecule has 0 amide bonds. The maximum atomic E-state index is 6.05. The zero-order valence-corrected chi connectivity index (χ0v) is 25.0. The van der Waals surface area contributed by atoms with Gasteiger partial charge in [-0.2, -0.15) is 4.37 Å². The summed E-state index contributed by atoms with van der Waals surface area (Å²) in [7, 11) is 2.89. The zero-order valence-electron chi connectivity index (χ0n) is 22.0. The molecule has 1 fully saturated rings. The van der Waals surface area contributed by atoms with Gasteiger partial charge in [-0.1, -0.05) is 50.9 Å². The van der Waals surface area contributed by atoms with Gasteiger partial charge in [-0.05, 0) is 115 Å². The summed E-state index contributed by atoms with van der Waals surface area (Å²) in [4.78, 5) is 3.72. The predicted molar refractivity (Wildman–Crippen MR) is 163 cm³/mol. The number of benzene rings is 3. The highest BCUT2D eigenvalue weighted by Crippen LogP contribution is 2.50. The zero-order chi connectivity index (χ0) is 26.1. The molecule has 2 atom stereocenters. The molecule has 1 spiro atoms. The number of aryl methyl sites for hydroxylation is 2. The fourth-order valence-corrected chi connectivity index (χ4v) is 7.33. The second-order valence-electron chi connectivity index (χ2n) is 10.7. The molecule has 2 unspecified atom stereocenters. The highest BCUT2D eigenvalue weighted by Gasteiger charge is 2.45. The lowest BCUT2D eigenvalue weighted by Crippen LogP contribution is -2.49. The van der Waals surface area contributed by atoms with Gasteiger partial charge in [0.1, 0.15) is 12.4 Å². The summed E-state index contributed by atoms with van der Waals surface area (Å²) in [6.45, 7) is 8.47. The minimum atomic E-state index is 0.322. The second kappa shape index (κ2) is 11.1. The lowest BCUT2D eigenvalue weighted by atomic mass is 9.58. The fourth-order valence-electron chi connectivity index (χ4n) is 6.00. The quantitative estimate of drug-likeness (QED) is 0.206. The van der Waals surface area contributed by atoms with Gasteiger partial charge in [-0.25, -0.2) is 0 Å². The summed E-state index contributed by atoms with van der Waals surface area (Å²) >= 11 is 1.45. The largest absolute Gasteiger partial charge is 0.489 e. The first-order valence-corrected chi connectivity index (χ1v) is 16.7. The van der Waals surface area contributed by atoms with Gasteiger partial charge in [0.2, 0.25) is 5.88 Å². The molecule has 2 heterocycles. The van der Waals surface area contributed by atoms with Crippen molar-refractivity contribution < 1.29 is 9.26 Å². The number of nitrogens with zero attached hydrogens (tertiary/aromatic N) is 2. The number of hydrogen-bond donors (Lipinski definition) is 0. The summed E-state index contributed by atoms with van der Waals surface area (Å²) in [5, 5.41) is 0. The summed E-state index contributed by atoms with van der Waals surface area (Å²) in [5.41, 5.74) is 10.3. The minimum absolute atomic E-state index is 0.322. The van der Waals surface area contributed by atoms with E-state index in [-0.39, 0.29) is 0 Å². The highest BCUT2D eigenvalue weighted by atomic mass is 32.1. The van der Waals surface area contributed by atoms with Crippen LogP contribution in [0.5, 0.6) is 11.6 Å². The molecule has 4 nitrogen and oxygen atoms in total. The minimum Gasteiger partial charge on any atom is -0.489 e. The van der Waals surface area contributed by atoms with Gasteiger partial charge in [0.25, 0.3) is 0 Å². The first-order chi connectivity index (χ1) is 18.5. The average molecular weight is 561 g/mol. The maximum Gasteiger partial charge on any atom is 0.228 e. The van der Waals surface area contributed by atoms with Crippen molar-refractivity contribution in [3.8, 4) is 22.1 Å². The van der Waals surface area contributed by atoms with E-state index in [0.717, 1.165) is 22.7 Å². The molecule has 1 aliphatic heterocycles. The fraction of sp³-hybridized carbons (Fsp3) is 0.323. The van der Waals surface area contributed by atoms with Crippen LogP contribution in [0.15, 0.2) is 66.7 Å². The van der Waals surface area contributed by atoms with Gasteiger partial charge < -0.3 is 9.26 Å². The van der Waals surface area contributed by atoms with Crippen LogP contribution in [0.4, 0.5) is 0 Å². The molecular weight excluding hydrogens is 526 g/mol. The van der Waals surface area contributed by atoms with Crippen molar-refractivity contribution in [3.63, 3.8) is 0 Å². The van der Waals surface area contributed by atoms with Crippen LogP contribution in [0.2, 0.25) is 0 Å². The van der Waals surface area contributed by atoms with Crippen LogP contribution >= 0.6 is 29.0 Å². The molecule has 2 aliphatic rings. The Kier molecular flexibility index (Phi) is 7.56. The molecule has 0 radical (unpaired) electrons. The Morgan fingerprint density at radius 1 is 0.974 bits per heavy atom. The van der Waals surface area contributed by atoms with Crippen molar-refractivity contribution in [1.29, 1.82) is 0 Å². The molecule has 7 heteroatoms. The number of aromatic nitrogens is 1. The highest BCUT2D eigenvalue weighted by molar-refractivity contribution is 8.00. The molecule has 4 aromatic rings. The van der Waals surface area contributed by atoms with Gasteiger partial charge in [0.15, 0.2) is 0 Å². The van der Waals surface area contributed by atoms with E-state index >= 15 is 0 Å². The molecule has 1 saturated heterocycles. The van der Waals surface area contributed by atoms with Gasteiger partial charge in [-0.3, -0.25) is 4.90 Å². The number of likely N-dealkylation sites (tertiary alicyclic amines) is 1. The van der Waals surface area contributed by atoms with E-state index < -0.39 is 0 Å². The lowest BCUT2D eigenvalue weighted by Gasteiger charge is -2.50. The van der Waals surface area contributed by atoms with Crippen molar-refractivity contribution in [1.82, 2.24) is 9.27 Å². The van der Waals surface area contributed by atoms with Gasteiger partial charge in [-0.15, -0.1) is 0 Å². The van der Waals surface area contributed by atoms with Crippen molar-refractivity contribution in [3.05, 3.63) is 100 Å². The lowest BCUT2D eigenvalue weighted by molar-refractivity contribution is 0.137. The average Bonchev–Trinajstić information content (AvgIpc) is 3.39. The molecule has 196 valence electrons. The van der Waals surface area contributed by atoms with E-state index in [9.17, 15) is 0 Å². The third kappa shape index (κ3) is 5.40. The molecule has 0 saturated carbocycles. The van der Waals surface area contributed by atoms with Crippen LogP contribution in [0.3, 0.4) is 0 Å². The molecule has 1 aliphatic carbocycles. The molecule has 6 rings (SSSR count). The third-order valence-corrected chi connectivity index (χ3v) is 9.64. The normalized spacial score (nSPS) is 16.5. The van der Waals surface area contributed by atoms with Crippen LogP contribution in [0.1, 0.15) is 46.2 Å². The molecule has 0 N–H and O–H groups in total. The van der Waals surface area contributed by atoms with E-state index in [4.69, 9.17) is 9.26 Å². The van der Waals surface area contributed by atoms with Crippen LogP contribution in [-0.4, -0.2) is 22.4 Å². The second-order valence-corrected chi connectivity index (χ2v) is 12.7. The SMILES string of the molecule is Cc1cc(C)c2c(c1)C1(CCN(Cc3ccc(COc4ccc(-c5cc(OPP)ns5)cc4)cc3)CC1)C2. The molecule has 38 heavy (non-hydrogen) atoms. The predicted octanol–water partition coefficient (Wildman–Crippen LogP) is 7.86. The molecular formula is C31H34N2O2P2S. The summed E-state index contributed by atoms with van der Waals surface area (Å²) in [6.07, 6.45) is 3.84. The molecule has 1 aromatic heterocycles. The Morgan fingerprint density at radius 3 is 2.45 bits per heavy atom.